The molecule has 0 fully saturated rings. The van der Waals surface area contributed by atoms with E-state index < -0.39 is 17.8 Å². The van der Waals surface area contributed by atoms with Crippen LogP contribution in [-0.4, -0.2) is 5.91 Å². The molecular formula is C14H12ClFN2O. The Morgan fingerprint density at radius 1 is 1.21 bits per heavy atom. The van der Waals surface area contributed by atoms with Crippen LogP contribution >= 0.6 is 11.6 Å². The average molecular weight is 279 g/mol. The smallest absolute Gasteiger partial charge is 0.245 e. The van der Waals surface area contributed by atoms with Gasteiger partial charge in [-0.05, 0) is 23.8 Å². The fraction of sp³-hybridized carbons (Fsp3) is 0.0714. The first kappa shape index (κ1) is 13.5. The van der Waals surface area contributed by atoms with Crippen molar-refractivity contribution in [3.05, 3.63) is 64.9 Å². The van der Waals surface area contributed by atoms with Crippen LogP contribution in [0, 0.1) is 5.82 Å². The number of amides is 1. The maximum Gasteiger partial charge on any atom is 0.245 e. The number of carbonyl (C=O) groups excluding carboxylic acids is 1. The largest absolute Gasteiger partial charge is 0.324 e. The first-order valence-corrected chi connectivity index (χ1v) is 6.02. The lowest BCUT2D eigenvalue weighted by Gasteiger charge is -2.12. The van der Waals surface area contributed by atoms with Crippen molar-refractivity contribution in [2.75, 3.05) is 5.32 Å². The first-order chi connectivity index (χ1) is 9.08. The van der Waals surface area contributed by atoms with Gasteiger partial charge in [0.1, 0.15) is 11.9 Å². The van der Waals surface area contributed by atoms with E-state index in [1.165, 1.54) is 12.1 Å². The highest BCUT2D eigenvalue weighted by Crippen LogP contribution is 2.20. The van der Waals surface area contributed by atoms with Crippen LogP contribution in [0.15, 0.2) is 48.5 Å². The third kappa shape index (κ3) is 3.30. The Hall–Kier alpha value is -1.91. The van der Waals surface area contributed by atoms with Crippen LogP contribution in [0.5, 0.6) is 0 Å². The molecular weight excluding hydrogens is 267 g/mol. The minimum atomic E-state index is -0.806. The lowest BCUT2D eigenvalue weighted by molar-refractivity contribution is -0.117. The maximum absolute atomic E-state index is 13.2. The standard InChI is InChI=1S/C14H12ClFN2O/c15-11-7-6-10(8-12(11)16)18-14(19)13(17)9-4-2-1-3-5-9/h1-8,13H,17H2,(H,18,19). The van der Waals surface area contributed by atoms with Crippen LogP contribution in [0.1, 0.15) is 11.6 Å². The summed E-state index contributed by atoms with van der Waals surface area (Å²) in [6.07, 6.45) is 0. The summed E-state index contributed by atoms with van der Waals surface area (Å²) in [5.74, 6) is -0.999. The summed E-state index contributed by atoms with van der Waals surface area (Å²) in [5, 5.41) is 2.55. The molecule has 0 aliphatic carbocycles. The van der Waals surface area contributed by atoms with E-state index in [2.05, 4.69) is 5.32 Å². The monoisotopic (exact) mass is 278 g/mol. The summed E-state index contributed by atoms with van der Waals surface area (Å²) in [5.41, 5.74) is 6.83. The number of hydrogen-bond donors (Lipinski definition) is 2. The maximum atomic E-state index is 13.2. The van der Waals surface area contributed by atoms with E-state index >= 15 is 0 Å². The third-order valence-electron chi connectivity index (χ3n) is 2.63. The third-order valence-corrected chi connectivity index (χ3v) is 2.93. The van der Waals surface area contributed by atoms with E-state index in [4.69, 9.17) is 17.3 Å². The summed E-state index contributed by atoms with van der Waals surface area (Å²) < 4.78 is 13.2. The molecule has 0 aliphatic heterocycles. The molecule has 5 heteroatoms. The second-order valence-electron chi connectivity index (χ2n) is 4.01. The van der Waals surface area contributed by atoms with Crippen LogP contribution in [-0.2, 0) is 4.79 Å². The van der Waals surface area contributed by atoms with E-state index in [0.29, 0.717) is 11.3 Å². The van der Waals surface area contributed by atoms with E-state index in [0.717, 1.165) is 6.07 Å². The van der Waals surface area contributed by atoms with Crippen molar-refractivity contribution in [1.82, 2.24) is 0 Å². The van der Waals surface area contributed by atoms with Gasteiger partial charge in [0.25, 0.3) is 0 Å². The Bertz CT molecular complexity index is 589. The highest BCUT2D eigenvalue weighted by molar-refractivity contribution is 6.30. The molecule has 19 heavy (non-hydrogen) atoms. The summed E-state index contributed by atoms with van der Waals surface area (Å²) in [7, 11) is 0. The van der Waals surface area contributed by atoms with Gasteiger partial charge >= 0.3 is 0 Å². The summed E-state index contributed by atoms with van der Waals surface area (Å²) in [4.78, 5) is 11.9. The van der Waals surface area contributed by atoms with E-state index in [9.17, 15) is 9.18 Å². The van der Waals surface area contributed by atoms with Gasteiger partial charge in [0.15, 0.2) is 0 Å². The number of carbonyl (C=O) groups is 1. The van der Waals surface area contributed by atoms with Crippen molar-refractivity contribution in [3.8, 4) is 0 Å². The van der Waals surface area contributed by atoms with Crippen molar-refractivity contribution in [2.24, 2.45) is 5.73 Å². The molecule has 0 aliphatic rings. The Morgan fingerprint density at radius 2 is 1.89 bits per heavy atom. The molecule has 0 heterocycles. The lowest BCUT2D eigenvalue weighted by atomic mass is 10.1. The Morgan fingerprint density at radius 3 is 2.53 bits per heavy atom. The zero-order chi connectivity index (χ0) is 13.8. The molecule has 1 amide bonds. The quantitative estimate of drug-likeness (QED) is 0.906. The number of rotatable bonds is 3. The van der Waals surface area contributed by atoms with Crippen LogP contribution in [0.2, 0.25) is 5.02 Å². The predicted molar refractivity (Wildman–Crippen MR) is 73.4 cm³/mol. The van der Waals surface area contributed by atoms with E-state index in [1.54, 1.807) is 24.3 Å². The number of anilines is 1. The van der Waals surface area contributed by atoms with Gasteiger partial charge in [0.05, 0.1) is 5.02 Å². The average Bonchev–Trinajstić information content (AvgIpc) is 2.43. The van der Waals surface area contributed by atoms with Gasteiger partial charge in [0.2, 0.25) is 5.91 Å². The van der Waals surface area contributed by atoms with Crippen molar-refractivity contribution in [2.45, 2.75) is 6.04 Å². The molecule has 98 valence electrons. The fourth-order valence-corrected chi connectivity index (χ4v) is 1.72. The van der Waals surface area contributed by atoms with Crippen LogP contribution in [0.25, 0.3) is 0 Å². The highest BCUT2D eigenvalue weighted by atomic mass is 35.5. The molecule has 3 nitrogen and oxygen atoms in total. The van der Waals surface area contributed by atoms with E-state index in [-0.39, 0.29) is 5.02 Å². The minimum Gasteiger partial charge on any atom is -0.324 e. The molecule has 0 radical (unpaired) electrons. The molecule has 0 spiro atoms. The lowest BCUT2D eigenvalue weighted by Crippen LogP contribution is -2.27. The fourth-order valence-electron chi connectivity index (χ4n) is 1.61. The van der Waals surface area contributed by atoms with Gasteiger partial charge in [0, 0.05) is 5.69 Å². The zero-order valence-corrected chi connectivity index (χ0v) is 10.7. The molecule has 0 aromatic heterocycles. The van der Waals surface area contributed by atoms with Gasteiger partial charge in [-0.3, -0.25) is 4.79 Å². The summed E-state index contributed by atoms with van der Waals surface area (Å²) in [6.45, 7) is 0. The molecule has 2 rings (SSSR count). The first-order valence-electron chi connectivity index (χ1n) is 5.64. The Kier molecular flexibility index (Phi) is 4.14. The van der Waals surface area contributed by atoms with Crippen molar-refractivity contribution >= 4 is 23.2 Å². The Balaban J connectivity index is 2.10. The highest BCUT2D eigenvalue weighted by Gasteiger charge is 2.15. The molecule has 1 atom stereocenters. The van der Waals surface area contributed by atoms with Gasteiger partial charge in [-0.15, -0.1) is 0 Å². The number of benzene rings is 2. The van der Waals surface area contributed by atoms with Gasteiger partial charge < -0.3 is 11.1 Å². The molecule has 0 saturated carbocycles. The number of halogens is 2. The van der Waals surface area contributed by atoms with Crippen molar-refractivity contribution in [1.29, 1.82) is 0 Å². The van der Waals surface area contributed by atoms with Crippen LogP contribution < -0.4 is 11.1 Å². The normalized spacial score (nSPS) is 11.9. The molecule has 3 N–H and O–H groups in total. The summed E-state index contributed by atoms with van der Waals surface area (Å²) in [6, 6.07) is 12.2. The zero-order valence-electron chi connectivity index (χ0n) is 9.94. The Labute approximate surface area is 115 Å². The molecule has 2 aromatic rings. The topological polar surface area (TPSA) is 55.1 Å². The second kappa shape index (κ2) is 5.82. The molecule has 0 bridgehead atoms. The van der Waals surface area contributed by atoms with Crippen LogP contribution in [0.3, 0.4) is 0 Å². The molecule has 0 saturated heterocycles. The van der Waals surface area contributed by atoms with Gasteiger partial charge in [-0.25, -0.2) is 4.39 Å². The van der Waals surface area contributed by atoms with E-state index in [1.807, 2.05) is 6.07 Å². The SMILES string of the molecule is NC(C(=O)Nc1ccc(Cl)c(F)c1)c1ccccc1. The van der Waals surface area contributed by atoms with Crippen molar-refractivity contribution in [3.63, 3.8) is 0 Å². The number of nitrogens with one attached hydrogen (secondary N) is 1. The number of hydrogen-bond acceptors (Lipinski definition) is 2. The second-order valence-corrected chi connectivity index (χ2v) is 4.41. The summed E-state index contributed by atoms with van der Waals surface area (Å²) >= 11 is 5.56. The van der Waals surface area contributed by atoms with Gasteiger partial charge in [-0.2, -0.15) is 0 Å². The van der Waals surface area contributed by atoms with Gasteiger partial charge in [-0.1, -0.05) is 41.9 Å². The molecule has 2 aromatic carbocycles. The van der Waals surface area contributed by atoms with Crippen LogP contribution in [0.4, 0.5) is 10.1 Å². The minimum absolute atomic E-state index is 0.00496. The van der Waals surface area contributed by atoms with Crippen molar-refractivity contribution < 1.29 is 9.18 Å². The number of nitrogens with two attached hydrogens (primary N) is 1. The molecule has 1 unspecified atom stereocenters. The predicted octanol–water partition coefficient (Wildman–Crippen LogP) is 3.12.